The number of benzene rings is 2. The minimum atomic E-state index is -4.53. The van der Waals surface area contributed by atoms with Crippen molar-refractivity contribution in [2.75, 3.05) is 32.7 Å². The van der Waals surface area contributed by atoms with E-state index in [9.17, 15) is 18.0 Å². The van der Waals surface area contributed by atoms with E-state index in [1.54, 1.807) is 0 Å². The van der Waals surface area contributed by atoms with Gasteiger partial charge in [-0.15, -0.1) is 0 Å². The summed E-state index contributed by atoms with van der Waals surface area (Å²) in [6, 6.07) is 14.9. The van der Waals surface area contributed by atoms with E-state index in [-0.39, 0.29) is 5.56 Å². The Bertz CT molecular complexity index is 795. The zero-order valence-electron chi connectivity index (χ0n) is 14.8. The molecule has 3 nitrogen and oxygen atoms in total. The normalized spacial score (nSPS) is 16.0. The lowest BCUT2D eigenvalue weighted by Crippen LogP contribution is -2.48. The van der Waals surface area contributed by atoms with Crippen LogP contribution in [0.2, 0.25) is 0 Å². The fraction of sp³-hybridized carbons (Fsp3) is 0.286. The van der Waals surface area contributed by atoms with Crippen molar-refractivity contribution in [1.29, 1.82) is 0 Å². The smallest absolute Gasteiger partial charge is 0.336 e. The van der Waals surface area contributed by atoms with Gasteiger partial charge in [0.1, 0.15) is 0 Å². The summed E-state index contributed by atoms with van der Waals surface area (Å²) in [6.07, 6.45) is -0.431. The van der Waals surface area contributed by atoms with Crippen LogP contribution in [0.5, 0.6) is 0 Å². The number of nitrogens with zero attached hydrogens (tertiary/aromatic N) is 2. The fourth-order valence-electron chi connectivity index (χ4n) is 3.12. The van der Waals surface area contributed by atoms with Gasteiger partial charge < -0.3 is 4.90 Å². The van der Waals surface area contributed by atoms with Crippen LogP contribution in [-0.2, 0) is 6.18 Å². The minimum absolute atomic E-state index is 0.276. The maximum absolute atomic E-state index is 13.1. The molecule has 142 valence electrons. The first-order valence-corrected chi connectivity index (χ1v) is 8.84. The van der Waals surface area contributed by atoms with Crippen LogP contribution in [0.25, 0.3) is 6.08 Å². The van der Waals surface area contributed by atoms with Gasteiger partial charge in [-0.25, -0.2) is 0 Å². The number of rotatable bonds is 4. The first-order chi connectivity index (χ1) is 12.9. The van der Waals surface area contributed by atoms with Crippen molar-refractivity contribution in [3.05, 3.63) is 77.4 Å². The average molecular weight is 374 g/mol. The van der Waals surface area contributed by atoms with Crippen LogP contribution in [0.15, 0.2) is 60.7 Å². The molecule has 1 heterocycles. The maximum Gasteiger partial charge on any atom is 0.417 e. The molecule has 3 rings (SSSR count). The van der Waals surface area contributed by atoms with Crippen LogP contribution in [0.1, 0.15) is 21.5 Å². The summed E-state index contributed by atoms with van der Waals surface area (Å²) in [5.41, 5.74) is -0.0271. The summed E-state index contributed by atoms with van der Waals surface area (Å²) < 4.78 is 39.4. The number of piperazine rings is 1. The Morgan fingerprint density at radius 2 is 1.56 bits per heavy atom. The number of carbonyl (C=O) groups is 1. The summed E-state index contributed by atoms with van der Waals surface area (Å²) >= 11 is 0. The number of alkyl halides is 3. The van der Waals surface area contributed by atoms with Gasteiger partial charge in [-0.3, -0.25) is 9.69 Å². The molecule has 1 saturated heterocycles. The molecule has 2 aromatic rings. The van der Waals surface area contributed by atoms with Crippen LogP contribution in [0.3, 0.4) is 0 Å². The van der Waals surface area contributed by atoms with E-state index >= 15 is 0 Å². The Balaban J connectivity index is 1.57. The van der Waals surface area contributed by atoms with Crippen molar-refractivity contribution < 1.29 is 18.0 Å². The van der Waals surface area contributed by atoms with Crippen molar-refractivity contribution >= 4 is 12.0 Å². The molecule has 1 amide bonds. The standard InChI is InChI=1S/C21H21F3N2O/c22-21(23,24)19-11-5-4-10-18(19)20(27)26-15-13-25(14-16-26)12-6-9-17-7-2-1-3-8-17/h1-11H,12-16H2/b9-6+. The molecule has 0 unspecified atom stereocenters. The largest absolute Gasteiger partial charge is 0.417 e. The van der Waals surface area contributed by atoms with Crippen molar-refractivity contribution in [3.8, 4) is 0 Å². The second-order valence-corrected chi connectivity index (χ2v) is 6.45. The van der Waals surface area contributed by atoms with Crippen LogP contribution in [0, 0.1) is 0 Å². The number of amides is 1. The molecule has 2 aromatic carbocycles. The van der Waals surface area contributed by atoms with E-state index in [4.69, 9.17) is 0 Å². The Morgan fingerprint density at radius 1 is 0.926 bits per heavy atom. The molecule has 0 saturated carbocycles. The molecule has 0 spiro atoms. The molecule has 27 heavy (non-hydrogen) atoms. The number of carbonyl (C=O) groups excluding carboxylic acids is 1. The molecule has 0 bridgehead atoms. The van der Waals surface area contributed by atoms with Crippen LogP contribution >= 0.6 is 0 Å². The van der Waals surface area contributed by atoms with Gasteiger partial charge >= 0.3 is 6.18 Å². The SMILES string of the molecule is O=C(c1ccccc1C(F)(F)F)N1CCN(C/C=C/c2ccccc2)CC1. The third-order valence-corrected chi connectivity index (χ3v) is 4.60. The quantitative estimate of drug-likeness (QED) is 0.802. The zero-order valence-corrected chi connectivity index (χ0v) is 14.8. The van der Waals surface area contributed by atoms with E-state index in [1.807, 2.05) is 36.4 Å². The van der Waals surface area contributed by atoms with Crippen molar-refractivity contribution in [1.82, 2.24) is 9.80 Å². The van der Waals surface area contributed by atoms with Gasteiger partial charge in [0, 0.05) is 32.7 Å². The molecule has 1 fully saturated rings. The summed E-state index contributed by atoms with van der Waals surface area (Å²) in [5.74, 6) is -0.553. The van der Waals surface area contributed by atoms with Crippen molar-refractivity contribution in [2.45, 2.75) is 6.18 Å². The Morgan fingerprint density at radius 3 is 2.22 bits per heavy atom. The van der Waals surface area contributed by atoms with Gasteiger partial charge in [0.25, 0.3) is 5.91 Å². The molecule has 0 N–H and O–H groups in total. The molecule has 0 aromatic heterocycles. The van der Waals surface area contributed by atoms with Gasteiger partial charge in [0.2, 0.25) is 0 Å². The van der Waals surface area contributed by atoms with Gasteiger partial charge in [0.05, 0.1) is 11.1 Å². The predicted molar refractivity (Wildman–Crippen MR) is 99.3 cm³/mol. The first kappa shape index (κ1) is 19.2. The number of hydrogen-bond donors (Lipinski definition) is 0. The van der Waals surface area contributed by atoms with Crippen molar-refractivity contribution in [2.24, 2.45) is 0 Å². The highest BCUT2D eigenvalue weighted by Gasteiger charge is 2.36. The van der Waals surface area contributed by atoms with E-state index in [0.717, 1.165) is 18.2 Å². The summed E-state index contributed by atoms with van der Waals surface area (Å²) in [5, 5.41) is 0. The van der Waals surface area contributed by atoms with Crippen molar-refractivity contribution in [3.63, 3.8) is 0 Å². The Labute approximate surface area is 156 Å². The van der Waals surface area contributed by atoms with Crippen LogP contribution in [-0.4, -0.2) is 48.4 Å². The molecule has 1 aliphatic rings. The van der Waals surface area contributed by atoms with E-state index in [2.05, 4.69) is 11.0 Å². The molecular formula is C21H21F3N2O. The Kier molecular flexibility index (Phi) is 5.96. The van der Waals surface area contributed by atoms with Gasteiger partial charge in [-0.2, -0.15) is 13.2 Å². The molecular weight excluding hydrogens is 353 g/mol. The second-order valence-electron chi connectivity index (χ2n) is 6.45. The molecule has 1 aliphatic heterocycles. The third kappa shape index (κ3) is 4.98. The maximum atomic E-state index is 13.1. The zero-order chi connectivity index (χ0) is 19.3. The Hall–Kier alpha value is -2.60. The average Bonchev–Trinajstić information content (AvgIpc) is 2.68. The minimum Gasteiger partial charge on any atom is -0.336 e. The molecule has 0 aliphatic carbocycles. The summed E-state index contributed by atoms with van der Waals surface area (Å²) in [4.78, 5) is 16.2. The highest BCUT2D eigenvalue weighted by atomic mass is 19.4. The van der Waals surface area contributed by atoms with Gasteiger partial charge in [-0.05, 0) is 17.7 Å². The van der Waals surface area contributed by atoms with E-state index < -0.39 is 17.6 Å². The monoisotopic (exact) mass is 374 g/mol. The van der Waals surface area contributed by atoms with Gasteiger partial charge in [-0.1, -0.05) is 54.6 Å². The lowest BCUT2D eigenvalue weighted by Gasteiger charge is -2.34. The summed E-state index contributed by atoms with van der Waals surface area (Å²) in [6.45, 7) is 2.86. The lowest BCUT2D eigenvalue weighted by atomic mass is 10.1. The van der Waals surface area contributed by atoms with Crippen LogP contribution in [0.4, 0.5) is 13.2 Å². The number of halogens is 3. The fourth-order valence-corrected chi connectivity index (χ4v) is 3.12. The van der Waals surface area contributed by atoms with Crippen LogP contribution < -0.4 is 0 Å². The molecule has 0 radical (unpaired) electrons. The third-order valence-electron chi connectivity index (χ3n) is 4.60. The highest BCUT2D eigenvalue weighted by molar-refractivity contribution is 5.96. The van der Waals surface area contributed by atoms with E-state index in [0.29, 0.717) is 26.2 Å². The van der Waals surface area contributed by atoms with Gasteiger partial charge in [0.15, 0.2) is 0 Å². The topological polar surface area (TPSA) is 23.6 Å². The first-order valence-electron chi connectivity index (χ1n) is 8.84. The number of hydrogen-bond acceptors (Lipinski definition) is 2. The van der Waals surface area contributed by atoms with E-state index in [1.165, 1.54) is 23.1 Å². The summed E-state index contributed by atoms with van der Waals surface area (Å²) in [7, 11) is 0. The second kappa shape index (κ2) is 8.39. The molecule has 6 heteroatoms. The molecule has 0 atom stereocenters. The highest BCUT2D eigenvalue weighted by Crippen LogP contribution is 2.32. The predicted octanol–water partition coefficient (Wildman–Crippen LogP) is 4.18. The lowest BCUT2D eigenvalue weighted by molar-refractivity contribution is -0.138.